The Bertz CT molecular complexity index is 984. The number of aromatic nitrogens is 2. The molecule has 3 rings (SSSR count). The fourth-order valence-electron chi connectivity index (χ4n) is 2.43. The molecule has 0 atom stereocenters. The van der Waals surface area contributed by atoms with E-state index in [2.05, 4.69) is 26.3 Å². The van der Waals surface area contributed by atoms with Crippen molar-refractivity contribution >= 4 is 39.0 Å². The van der Waals surface area contributed by atoms with Crippen LogP contribution in [0.25, 0.3) is 5.52 Å². The van der Waals surface area contributed by atoms with Crippen LogP contribution in [0.5, 0.6) is 5.75 Å². The highest BCUT2D eigenvalue weighted by atomic mass is 79.9. The van der Waals surface area contributed by atoms with Gasteiger partial charge in [0.1, 0.15) is 11.3 Å². The van der Waals surface area contributed by atoms with Gasteiger partial charge in [-0.2, -0.15) is 5.10 Å². The van der Waals surface area contributed by atoms with Crippen molar-refractivity contribution in [3.63, 3.8) is 0 Å². The van der Waals surface area contributed by atoms with Gasteiger partial charge in [0.2, 0.25) is 0 Å². The SMILES string of the molecule is CCOC(=O)c1cnn2ccc(NC(=O)c3cc(OC)ccc3Br)cc12. The number of anilines is 1. The van der Waals surface area contributed by atoms with Crippen LogP contribution in [0, 0.1) is 0 Å². The van der Waals surface area contributed by atoms with Gasteiger partial charge in [-0.25, -0.2) is 9.31 Å². The van der Waals surface area contributed by atoms with Gasteiger partial charge in [0.15, 0.2) is 0 Å². The van der Waals surface area contributed by atoms with Crippen molar-refractivity contribution < 1.29 is 19.1 Å². The molecule has 0 aliphatic rings. The Hall–Kier alpha value is -2.87. The maximum absolute atomic E-state index is 12.6. The average Bonchev–Trinajstić information content (AvgIpc) is 3.05. The third kappa shape index (κ3) is 3.55. The van der Waals surface area contributed by atoms with Gasteiger partial charge in [0.25, 0.3) is 5.91 Å². The minimum absolute atomic E-state index is 0.274. The highest BCUT2D eigenvalue weighted by molar-refractivity contribution is 9.10. The van der Waals surface area contributed by atoms with E-state index in [4.69, 9.17) is 9.47 Å². The van der Waals surface area contributed by atoms with Crippen molar-refractivity contribution in [1.82, 2.24) is 9.61 Å². The van der Waals surface area contributed by atoms with Gasteiger partial charge in [-0.15, -0.1) is 0 Å². The molecule has 3 aromatic rings. The molecule has 0 aliphatic carbocycles. The molecule has 0 radical (unpaired) electrons. The molecule has 7 nitrogen and oxygen atoms in total. The zero-order valence-corrected chi connectivity index (χ0v) is 15.7. The lowest BCUT2D eigenvalue weighted by molar-refractivity contribution is 0.0528. The zero-order chi connectivity index (χ0) is 18.7. The molecule has 1 aromatic carbocycles. The summed E-state index contributed by atoms with van der Waals surface area (Å²) >= 11 is 3.36. The lowest BCUT2D eigenvalue weighted by Crippen LogP contribution is -2.13. The first-order valence-electron chi connectivity index (χ1n) is 7.83. The summed E-state index contributed by atoms with van der Waals surface area (Å²) in [6.45, 7) is 2.01. The molecule has 0 aliphatic heterocycles. The smallest absolute Gasteiger partial charge is 0.341 e. The van der Waals surface area contributed by atoms with E-state index >= 15 is 0 Å². The standard InChI is InChI=1S/C18H16BrN3O4/c1-3-26-18(24)14-10-20-22-7-6-11(8-16(14)22)21-17(23)13-9-12(25-2)4-5-15(13)19/h4-10H,3H2,1-2H3,(H,21,23). The number of carbonyl (C=O) groups is 2. The van der Waals surface area contributed by atoms with Gasteiger partial charge in [0.05, 0.1) is 31.0 Å². The summed E-state index contributed by atoms with van der Waals surface area (Å²) in [7, 11) is 1.54. The second kappa shape index (κ2) is 7.57. The van der Waals surface area contributed by atoms with Gasteiger partial charge in [-0.1, -0.05) is 0 Å². The summed E-state index contributed by atoms with van der Waals surface area (Å²) in [4.78, 5) is 24.6. The molecule has 2 heterocycles. The summed E-state index contributed by atoms with van der Waals surface area (Å²) in [6.07, 6.45) is 3.10. The van der Waals surface area contributed by atoms with Gasteiger partial charge < -0.3 is 14.8 Å². The first kappa shape index (κ1) is 17.9. The fourth-order valence-corrected chi connectivity index (χ4v) is 2.86. The van der Waals surface area contributed by atoms with Gasteiger partial charge in [-0.3, -0.25) is 4.79 Å². The lowest BCUT2D eigenvalue weighted by Gasteiger charge is -2.09. The first-order valence-corrected chi connectivity index (χ1v) is 8.62. The third-order valence-corrected chi connectivity index (χ3v) is 4.38. The predicted octanol–water partition coefficient (Wildman–Crippen LogP) is 3.53. The number of methoxy groups -OCH3 is 1. The van der Waals surface area contributed by atoms with Crippen LogP contribution >= 0.6 is 15.9 Å². The number of fused-ring (bicyclic) bond motifs is 1. The fraction of sp³-hybridized carbons (Fsp3) is 0.167. The summed E-state index contributed by atoms with van der Waals surface area (Å²) in [6, 6.07) is 8.50. The van der Waals surface area contributed by atoms with E-state index in [1.54, 1.807) is 48.0 Å². The van der Waals surface area contributed by atoms with Crippen molar-refractivity contribution in [2.24, 2.45) is 0 Å². The van der Waals surface area contributed by atoms with E-state index in [1.807, 2.05) is 0 Å². The zero-order valence-electron chi connectivity index (χ0n) is 14.2. The molecule has 0 fully saturated rings. The molecular formula is C18H16BrN3O4. The van der Waals surface area contributed by atoms with Crippen LogP contribution in [0.15, 0.2) is 47.2 Å². The quantitative estimate of drug-likeness (QED) is 0.642. The Morgan fingerprint density at radius 2 is 2.04 bits per heavy atom. The van der Waals surface area contributed by atoms with E-state index in [0.717, 1.165) is 0 Å². The first-order chi connectivity index (χ1) is 12.5. The summed E-state index contributed by atoms with van der Waals surface area (Å²) in [5.74, 6) is -0.187. The average molecular weight is 418 g/mol. The Morgan fingerprint density at radius 1 is 1.23 bits per heavy atom. The molecule has 0 saturated carbocycles. The number of halogens is 1. The molecule has 0 bridgehead atoms. The largest absolute Gasteiger partial charge is 0.497 e. The van der Waals surface area contributed by atoms with Crippen LogP contribution in [0.3, 0.4) is 0 Å². The van der Waals surface area contributed by atoms with Crippen molar-refractivity contribution in [3.05, 3.63) is 58.3 Å². The second-order valence-corrected chi connectivity index (χ2v) is 6.18. The van der Waals surface area contributed by atoms with Crippen molar-refractivity contribution in [3.8, 4) is 5.75 Å². The Labute approximate surface area is 158 Å². The highest BCUT2D eigenvalue weighted by Gasteiger charge is 2.16. The van der Waals surface area contributed by atoms with Crippen LogP contribution in [-0.2, 0) is 4.74 Å². The molecule has 0 spiro atoms. The molecule has 2 aromatic heterocycles. The minimum Gasteiger partial charge on any atom is -0.497 e. The predicted molar refractivity (Wildman–Crippen MR) is 99.8 cm³/mol. The Balaban J connectivity index is 1.90. The van der Waals surface area contributed by atoms with E-state index in [1.165, 1.54) is 13.3 Å². The number of ether oxygens (including phenoxy) is 2. The summed E-state index contributed by atoms with van der Waals surface area (Å²) in [5, 5.41) is 6.93. The molecule has 0 unspecified atom stereocenters. The topological polar surface area (TPSA) is 81.9 Å². The van der Waals surface area contributed by atoms with Crippen molar-refractivity contribution in [2.75, 3.05) is 19.0 Å². The van der Waals surface area contributed by atoms with E-state index < -0.39 is 5.97 Å². The van der Waals surface area contributed by atoms with Crippen molar-refractivity contribution in [1.29, 1.82) is 0 Å². The molecule has 8 heteroatoms. The van der Waals surface area contributed by atoms with Gasteiger partial charge >= 0.3 is 5.97 Å². The van der Waals surface area contributed by atoms with Crippen molar-refractivity contribution in [2.45, 2.75) is 6.92 Å². The maximum Gasteiger partial charge on any atom is 0.341 e. The van der Waals surface area contributed by atoms with E-state index in [-0.39, 0.29) is 12.5 Å². The molecule has 1 N–H and O–H groups in total. The molecule has 0 saturated heterocycles. The molecule has 1 amide bonds. The highest BCUT2D eigenvalue weighted by Crippen LogP contribution is 2.24. The summed E-state index contributed by atoms with van der Waals surface area (Å²) < 4.78 is 12.4. The number of carbonyl (C=O) groups excluding carboxylic acids is 2. The van der Waals surface area contributed by atoms with Crippen LogP contribution in [-0.4, -0.2) is 35.2 Å². The molecule has 26 heavy (non-hydrogen) atoms. The third-order valence-electron chi connectivity index (χ3n) is 3.69. The number of amides is 1. The number of hydrogen-bond acceptors (Lipinski definition) is 5. The minimum atomic E-state index is -0.457. The Kier molecular flexibility index (Phi) is 5.22. The monoisotopic (exact) mass is 417 g/mol. The number of rotatable bonds is 5. The van der Waals surface area contributed by atoms with E-state index in [9.17, 15) is 9.59 Å². The van der Waals surface area contributed by atoms with Crippen LogP contribution in [0.4, 0.5) is 5.69 Å². The van der Waals surface area contributed by atoms with Crippen LogP contribution < -0.4 is 10.1 Å². The number of pyridine rings is 1. The number of nitrogens with zero attached hydrogens (tertiary/aromatic N) is 2. The Morgan fingerprint density at radius 3 is 2.77 bits per heavy atom. The van der Waals surface area contributed by atoms with Gasteiger partial charge in [-0.05, 0) is 53.2 Å². The van der Waals surface area contributed by atoms with Crippen LogP contribution in [0.1, 0.15) is 27.6 Å². The number of benzene rings is 1. The molecule has 134 valence electrons. The molecular weight excluding hydrogens is 402 g/mol. The lowest BCUT2D eigenvalue weighted by atomic mass is 10.2. The number of hydrogen-bond donors (Lipinski definition) is 1. The van der Waals surface area contributed by atoms with E-state index in [0.29, 0.717) is 32.6 Å². The number of nitrogens with one attached hydrogen (secondary N) is 1. The number of esters is 1. The maximum atomic E-state index is 12.6. The van der Waals surface area contributed by atoms with Crippen LogP contribution in [0.2, 0.25) is 0 Å². The summed E-state index contributed by atoms with van der Waals surface area (Å²) in [5.41, 5.74) is 1.85. The normalized spacial score (nSPS) is 10.6. The second-order valence-electron chi connectivity index (χ2n) is 5.32. The van der Waals surface area contributed by atoms with Gasteiger partial charge in [0, 0.05) is 16.4 Å².